The average Bonchev–Trinajstić information content (AvgIpc) is 3.40. The molecule has 0 heterocycles. The van der Waals surface area contributed by atoms with E-state index >= 15 is 0 Å². The fraction of sp³-hybridized carbons (Fsp3) is 0.938. The number of carbonyl (C=O) groups is 4. The van der Waals surface area contributed by atoms with Gasteiger partial charge in [-0.15, -0.1) is 0 Å². The first-order valence-electron chi connectivity index (χ1n) is 32.9. The van der Waals surface area contributed by atoms with Crippen molar-refractivity contribution in [1.29, 1.82) is 0 Å². The Morgan fingerprint density at radius 2 is 0.684 bits per heavy atom. The van der Waals surface area contributed by atoms with Gasteiger partial charge in [0, 0.05) is 25.9 Å². The lowest BCUT2D eigenvalue weighted by Gasteiger charge is -2.22. The summed E-state index contributed by atoms with van der Waals surface area (Å²) in [7, 11) is 4.07. The Morgan fingerprint density at radius 3 is 1.11 bits per heavy atom. The van der Waals surface area contributed by atoms with E-state index in [0.717, 1.165) is 135 Å². The van der Waals surface area contributed by atoms with Crippen molar-refractivity contribution >= 4 is 24.0 Å². The van der Waals surface area contributed by atoms with Gasteiger partial charge in [-0.1, -0.05) is 240 Å². The summed E-state index contributed by atoms with van der Waals surface area (Å²) >= 11 is 0. The number of hydrogen-bond acceptors (Lipinski definition) is 10. The molecule has 452 valence electrons. The van der Waals surface area contributed by atoms with Crippen molar-refractivity contribution in [3.63, 3.8) is 0 Å². The van der Waals surface area contributed by atoms with Crippen LogP contribution in [0, 0.1) is 5.92 Å². The van der Waals surface area contributed by atoms with E-state index in [9.17, 15) is 19.2 Å². The van der Waals surface area contributed by atoms with Crippen LogP contribution in [0.4, 0.5) is 4.79 Å². The van der Waals surface area contributed by atoms with Gasteiger partial charge in [0.25, 0.3) is 0 Å². The second-order valence-electron chi connectivity index (χ2n) is 22.5. The molecule has 0 radical (unpaired) electrons. The molecule has 0 saturated carbocycles. The van der Waals surface area contributed by atoms with Crippen molar-refractivity contribution in [3.05, 3.63) is 0 Å². The predicted octanol–water partition coefficient (Wildman–Crippen LogP) is 18.1. The van der Waals surface area contributed by atoms with Crippen LogP contribution in [0.1, 0.15) is 317 Å². The zero-order valence-electron chi connectivity index (χ0n) is 51.7. The lowest BCUT2D eigenvalue weighted by Crippen LogP contribution is -2.33. The van der Waals surface area contributed by atoms with E-state index in [4.69, 9.17) is 18.9 Å². The molecule has 11 heteroatoms. The van der Waals surface area contributed by atoms with Gasteiger partial charge in [0.05, 0.1) is 25.7 Å². The highest BCUT2D eigenvalue weighted by Crippen LogP contribution is 2.21. The Morgan fingerprint density at radius 1 is 0.342 bits per heavy atom. The summed E-state index contributed by atoms with van der Waals surface area (Å²) in [5.74, 6) is 0.0930. The van der Waals surface area contributed by atoms with Gasteiger partial charge in [0.15, 0.2) is 0 Å². The average molecular weight is 1080 g/mol. The lowest BCUT2D eigenvalue weighted by atomic mass is 9.94. The molecule has 1 atom stereocenters. The Balaban J connectivity index is 0. The van der Waals surface area contributed by atoms with Crippen LogP contribution >= 0.6 is 0 Å². The molecular weight excluding hydrogens is 951 g/mol. The van der Waals surface area contributed by atoms with Crippen molar-refractivity contribution in [3.8, 4) is 0 Å². The molecule has 0 fully saturated rings. The van der Waals surface area contributed by atoms with E-state index in [2.05, 4.69) is 49.7 Å². The van der Waals surface area contributed by atoms with Crippen molar-refractivity contribution in [1.82, 2.24) is 15.1 Å². The normalized spacial score (nSPS) is 11.6. The zero-order chi connectivity index (χ0) is 56.1. The third kappa shape index (κ3) is 60.8. The quantitative estimate of drug-likeness (QED) is 0.0358. The number of hydrogen-bond donors (Lipinski definition) is 1. The number of carbonyl (C=O) groups excluding carboxylic acids is 4. The Bertz CT molecular complexity index is 1220. The van der Waals surface area contributed by atoms with Crippen molar-refractivity contribution < 1.29 is 38.1 Å². The molecule has 0 bridgehead atoms. The molecule has 76 heavy (non-hydrogen) atoms. The zero-order valence-corrected chi connectivity index (χ0v) is 51.7. The summed E-state index contributed by atoms with van der Waals surface area (Å²) in [6.45, 7) is 17.6. The monoisotopic (exact) mass is 1080 g/mol. The summed E-state index contributed by atoms with van der Waals surface area (Å²) in [5, 5.41) is 2.87. The Hall–Kier alpha value is -2.40. The summed E-state index contributed by atoms with van der Waals surface area (Å²) in [5.41, 5.74) is 0. The largest absolute Gasteiger partial charge is 0.466 e. The number of ether oxygens (including phenoxy) is 4. The number of alkyl carbamates (subject to hydrolysis) is 1. The third-order valence-corrected chi connectivity index (χ3v) is 14.6. The van der Waals surface area contributed by atoms with Crippen LogP contribution in [0.25, 0.3) is 0 Å². The van der Waals surface area contributed by atoms with E-state index in [1.54, 1.807) is 0 Å². The van der Waals surface area contributed by atoms with Crippen LogP contribution in [0.15, 0.2) is 0 Å². The lowest BCUT2D eigenvalue weighted by molar-refractivity contribution is -0.149. The van der Waals surface area contributed by atoms with Crippen molar-refractivity contribution in [2.75, 3.05) is 73.2 Å². The van der Waals surface area contributed by atoms with E-state index in [0.29, 0.717) is 45.8 Å². The van der Waals surface area contributed by atoms with Gasteiger partial charge >= 0.3 is 24.0 Å². The number of unbranched alkanes of at least 4 members (excludes halogenated alkanes) is 32. The molecule has 0 aliphatic rings. The molecule has 0 aliphatic heterocycles. The molecule has 11 nitrogen and oxygen atoms in total. The molecule has 0 spiro atoms. The SMILES string of the molecule is CCCCCCCCCC(=O)OCCCCCC.CCCCCCCCCC(=O)OCCCCCCCN(CCCCCCCCOC(=O)C(CCCCCC)CCCCCCCC)CCOC(=O)NCCCN(C)C. The minimum Gasteiger partial charge on any atom is -0.466 e. The molecule has 1 unspecified atom stereocenters. The topological polar surface area (TPSA) is 124 Å². The molecule has 0 aromatic carbocycles. The Kier molecular flexibility index (Phi) is 63.2. The molecule has 0 aromatic rings. The van der Waals surface area contributed by atoms with Gasteiger partial charge in [-0.25, -0.2) is 4.79 Å². The van der Waals surface area contributed by atoms with Gasteiger partial charge in [0.1, 0.15) is 6.61 Å². The van der Waals surface area contributed by atoms with Gasteiger partial charge in [0.2, 0.25) is 0 Å². The molecule has 0 aromatic heterocycles. The fourth-order valence-electron chi connectivity index (χ4n) is 9.51. The Labute approximate surface area is 471 Å². The fourth-order valence-corrected chi connectivity index (χ4v) is 9.51. The highest BCUT2D eigenvalue weighted by Gasteiger charge is 2.19. The number of amides is 1. The molecule has 0 saturated heterocycles. The molecule has 1 N–H and O–H groups in total. The van der Waals surface area contributed by atoms with Crippen LogP contribution in [0.2, 0.25) is 0 Å². The molecule has 0 aliphatic carbocycles. The maximum absolute atomic E-state index is 13.0. The second kappa shape index (κ2) is 63.4. The van der Waals surface area contributed by atoms with E-state index in [1.807, 2.05) is 14.1 Å². The van der Waals surface area contributed by atoms with Gasteiger partial charge in [-0.3, -0.25) is 19.3 Å². The highest BCUT2D eigenvalue weighted by molar-refractivity contribution is 5.72. The second-order valence-corrected chi connectivity index (χ2v) is 22.5. The van der Waals surface area contributed by atoms with Gasteiger partial charge in [-0.05, 0) is 97.9 Å². The van der Waals surface area contributed by atoms with Gasteiger partial charge in [-0.2, -0.15) is 0 Å². The standard InChI is InChI=1S/C49H97N3O6.C16H32O2/c1-6-9-12-15-17-22-29-37-47(53)56-43-32-26-20-24-31-41-52(42-45-58-49(55)50-38-34-39-51(4)5)40-30-23-18-19-25-33-44-57-48(54)46(35-27-14-11-8-3)36-28-21-16-13-10-7-2;1-3-5-7-9-10-11-12-14-16(17)18-15-13-8-6-4-2/h46H,6-45H2,1-5H3,(H,50,55);3-15H2,1-2H3. The summed E-state index contributed by atoms with van der Waals surface area (Å²) in [6.07, 6.45) is 50.2. The van der Waals surface area contributed by atoms with Crippen LogP contribution in [-0.4, -0.2) is 107 Å². The predicted molar refractivity (Wildman–Crippen MR) is 322 cm³/mol. The van der Waals surface area contributed by atoms with Crippen LogP contribution in [0.3, 0.4) is 0 Å². The summed E-state index contributed by atoms with van der Waals surface area (Å²) in [6, 6.07) is 0. The summed E-state index contributed by atoms with van der Waals surface area (Å²) < 4.78 is 22.0. The first-order chi connectivity index (χ1) is 37.1. The van der Waals surface area contributed by atoms with E-state index in [-0.39, 0.29) is 29.9 Å². The van der Waals surface area contributed by atoms with Crippen LogP contribution < -0.4 is 5.32 Å². The maximum Gasteiger partial charge on any atom is 0.407 e. The number of esters is 3. The highest BCUT2D eigenvalue weighted by atomic mass is 16.6. The van der Waals surface area contributed by atoms with E-state index < -0.39 is 0 Å². The molecule has 0 rings (SSSR count). The first-order valence-corrected chi connectivity index (χ1v) is 32.9. The summed E-state index contributed by atoms with van der Waals surface area (Å²) in [4.78, 5) is 53.2. The number of nitrogens with zero attached hydrogens (tertiary/aromatic N) is 2. The van der Waals surface area contributed by atoms with Crippen LogP contribution in [-0.2, 0) is 33.3 Å². The van der Waals surface area contributed by atoms with Crippen molar-refractivity contribution in [2.24, 2.45) is 5.92 Å². The van der Waals surface area contributed by atoms with E-state index in [1.165, 1.54) is 161 Å². The number of rotatable bonds is 58. The number of nitrogens with one attached hydrogen (secondary N) is 1. The smallest absolute Gasteiger partial charge is 0.407 e. The maximum atomic E-state index is 13.0. The minimum atomic E-state index is -0.326. The molecule has 1 amide bonds. The third-order valence-electron chi connectivity index (χ3n) is 14.6. The molecular formula is C65H129N3O8. The first kappa shape index (κ1) is 75.7. The van der Waals surface area contributed by atoms with Crippen molar-refractivity contribution in [2.45, 2.75) is 317 Å². The van der Waals surface area contributed by atoms with Crippen LogP contribution in [0.5, 0.6) is 0 Å². The van der Waals surface area contributed by atoms with Gasteiger partial charge < -0.3 is 29.2 Å². The minimum absolute atomic E-state index is 0.0000525.